The lowest BCUT2D eigenvalue weighted by molar-refractivity contribution is -0.140. The SMILES string of the molecule is CC1C(=O)N(Cc2cccc(N)c2F)C(=O)C1C. The summed E-state index contributed by atoms with van der Waals surface area (Å²) in [6.45, 7) is 3.37. The number of rotatable bonds is 2. The third-order valence-electron chi connectivity index (χ3n) is 3.50. The molecule has 2 unspecified atom stereocenters. The number of amides is 2. The van der Waals surface area contributed by atoms with Gasteiger partial charge in [0.1, 0.15) is 0 Å². The molecular formula is C13H15FN2O2. The fourth-order valence-electron chi connectivity index (χ4n) is 2.08. The van der Waals surface area contributed by atoms with E-state index in [4.69, 9.17) is 5.73 Å². The molecular weight excluding hydrogens is 235 g/mol. The summed E-state index contributed by atoms with van der Waals surface area (Å²) in [7, 11) is 0. The van der Waals surface area contributed by atoms with Crippen LogP contribution in [0.25, 0.3) is 0 Å². The first-order valence-corrected chi connectivity index (χ1v) is 5.81. The fourth-order valence-corrected chi connectivity index (χ4v) is 2.08. The van der Waals surface area contributed by atoms with Crippen LogP contribution in [-0.2, 0) is 16.1 Å². The summed E-state index contributed by atoms with van der Waals surface area (Å²) in [5.41, 5.74) is 5.74. The molecule has 96 valence electrons. The molecule has 0 spiro atoms. The summed E-state index contributed by atoms with van der Waals surface area (Å²) in [6, 6.07) is 4.57. The Bertz CT molecular complexity index is 496. The number of nitrogens with zero attached hydrogens (tertiary/aromatic N) is 1. The van der Waals surface area contributed by atoms with E-state index in [2.05, 4.69) is 0 Å². The summed E-state index contributed by atoms with van der Waals surface area (Å²) in [5.74, 6) is -1.77. The van der Waals surface area contributed by atoms with E-state index in [1.54, 1.807) is 19.9 Å². The number of hydrogen-bond donors (Lipinski definition) is 1. The van der Waals surface area contributed by atoms with E-state index in [0.29, 0.717) is 0 Å². The van der Waals surface area contributed by atoms with E-state index in [1.165, 1.54) is 12.1 Å². The third-order valence-corrected chi connectivity index (χ3v) is 3.50. The highest BCUT2D eigenvalue weighted by Crippen LogP contribution is 2.27. The van der Waals surface area contributed by atoms with Crippen molar-refractivity contribution in [2.75, 3.05) is 5.73 Å². The summed E-state index contributed by atoms with van der Waals surface area (Å²) in [5, 5.41) is 0. The molecule has 2 amide bonds. The van der Waals surface area contributed by atoms with Crippen LogP contribution in [0.15, 0.2) is 18.2 Å². The Labute approximate surface area is 105 Å². The predicted molar refractivity (Wildman–Crippen MR) is 64.7 cm³/mol. The molecule has 2 N–H and O–H groups in total. The maximum Gasteiger partial charge on any atom is 0.233 e. The normalized spacial score (nSPS) is 23.8. The lowest BCUT2D eigenvalue weighted by Crippen LogP contribution is -2.30. The van der Waals surface area contributed by atoms with Crippen LogP contribution in [0.4, 0.5) is 10.1 Å². The van der Waals surface area contributed by atoms with Gasteiger partial charge in [0.05, 0.1) is 12.2 Å². The van der Waals surface area contributed by atoms with Crippen molar-refractivity contribution in [1.29, 1.82) is 0 Å². The number of halogens is 1. The molecule has 1 heterocycles. The predicted octanol–water partition coefficient (Wildman–Crippen LogP) is 1.55. The van der Waals surface area contributed by atoms with Gasteiger partial charge in [0.25, 0.3) is 0 Å². The number of imide groups is 1. The molecule has 1 aliphatic rings. The largest absolute Gasteiger partial charge is 0.396 e. The van der Waals surface area contributed by atoms with Gasteiger partial charge in [0, 0.05) is 17.4 Å². The molecule has 1 aromatic rings. The van der Waals surface area contributed by atoms with Crippen LogP contribution in [0.3, 0.4) is 0 Å². The fraction of sp³-hybridized carbons (Fsp3) is 0.385. The molecule has 2 rings (SSSR count). The Hall–Kier alpha value is -1.91. The highest BCUT2D eigenvalue weighted by atomic mass is 19.1. The van der Waals surface area contributed by atoms with Crippen molar-refractivity contribution < 1.29 is 14.0 Å². The second-order valence-corrected chi connectivity index (χ2v) is 4.66. The lowest BCUT2D eigenvalue weighted by Gasteiger charge is -2.15. The summed E-state index contributed by atoms with van der Waals surface area (Å²) >= 11 is 0. The van der Waals surface area contributed by atoms with Crippen LogP contribution in [0.2, 0.25) is 0 Å². The highest BCUT2D eigenvalue weighted by Gasteiger charge is 2.42. The van der Waals surface area contributed by atoms with Gasteiger partial charge in [-0.15, -0.1) is 0 Å². The van der Waals surface area contributed by atoms with E-state index in [0.717, 1.165) is 4.90 Å². The number of carbonyl (C=O) groups is 2. The topological polar surface area (TPSA) is 63.4 Å². The third kappa shape index (κ3) is 1.85. The van der Waals surface area contributed by atoms with E-state index < -0.39 is 5.82 Å². The second-order valence-electron chi connectivity index (χ2n) is 4.66. The van der Waals surface area contributed by atoms with Crippen molar-refractivity contribution in [3.63, 3.8) is 0 Å². The van der Waals surface area contributed by atoms with Gasteiger partial charge in [-0.2, -0.15) is 0 Å². The van der Waals surface area contributed by atoms with Gasteiger partial charge in [-0.05, 0) is 6.07 Å². The Balaban J connectivity index is 2.27. The number of benzene rings is 1. The molecule has 18 heavy (non-hydrogen) atoms. The summed E-state index contributed by atoms with van der Waals surface area (Å²) in [4.78, 5) is 24.9. The van der Waals surface area contributed by atoms with Gasteiger partial charge in [-0.1, -0.05) is 26.0 Å². The van der Waals surface area contributed by atoms with Gasteiger partial charge in [-0.25, -0.2) is 4.39 Å². The van der Waals surface area contributed by atoms with Gasteiger partial charge < -0.3 is 5.73 Å². The van der Waals surface area contributed by atoms with E-state index >= 15 is 0 Å². The Morgan fingerprint density at radius 3 is 2.33 bits per heavy atom. The maximum absolute atomic E-state index is 13.7. The maximum atomic E-state index is 13.7. The van der Waals surface area contributed by atoms with Crippen molar-refractivity contribution in [3.8, 4) is 0 Å². The average molecular weight is 250 g/mol. The minimum atomic E-state index is -0.565. The Morgan fingerprint density at radius 2 is 1.78 bits per heavy atom. The van der Waals surface area contributed by atoms with Crippen LogP contribution in [0, 0.1) is 17.7 Å². The van der Waals surface area contributed by atoms with Gasteiger partial charge in [-0.3, -0.25) is 14.5 Å². The van der Waals surface area contributed by atoms with Crippen molar-refractivity contribution in [2.24, 2.45) is 11.8 Å². The van der Waals surface area contributed by atoms with Crippen LogP contribution in [0.1, 0.15) is 19.4 Å². The first-order valence-electron chi connectivity index (χ1n) is 5.81. The molecule has 0 bridgehead atoms. The number of carbonyl (C=O) groups excluding carboxylic acids is 2. The zero-order valence-electron chi connectivity index (χ0n) is 10.3. The molecule has 4 nitrogen and oxygen atoms in total. The van der Waals surface area contributed by atoms with Crippen LogP contribution in [-0.4, -0.2) is 16.7 Å². The molecule has 0 aliphatic carbocycles. The van der Waals surface area contributed by atoms with Crippen LogP contribution in [0.5, 0.6) is 0 Å². The minimum Gasteiger partial charge on any atom is -0.396 e. The van der Waals surface area contributed by atoms with Crippen molar-refractivity contribution in [3.05, 3.63) is 29.6 Å². The Kier molecular flexibility index (Phi) is 3.07. The van der Waals surface area contributed by atoms with E-state index in [-0.39, 0.29) is 41.4 Å². The minimum absolute atomic E-state index is 0.0210. The molecule has 0 aromatic heterocycles. The molecule has 2 atom stereocenters. The molecule has 1 fully saturated rings. The molecule has 0 radical (unpaired) electrons. The van der Waals surface area contributed by atoms with E-state index in [1.807, 2.05) is 0 Å². The molecule has 5 heteroatoms. The van der Waals surface area contributed by atoms with Crippen molar-refractivity contribution in [1.82, 2.24) is 4.90 Å². The standard InChI is InChI=1S/C13H15FN2O2/c1-7-8(2)13(18)16(12(7)17)6-9-4-3-5-10(15)11(9)14/h3-5,7-8H,6,15H2,1-2H3. The lowest BCUT2D eigenvalue weighted by atomic mass is 10.00. The van der Waals surface area contributed by atoms with Crippen LogP contribution >= 0.6 is 0 Å². The first-order chi connectivity index (χ1) is 8.43. The van der Waals surface area contributed by atoms with E-state index in [9.17, 15) is 14.0 Å². The zero-order chi connectivity index (χ0) is 13.4. The quantitative estimate of drug-likeness (QED) is 0.639. The smallest absolute Gasteiger partial charge is 0.233 e. The second kappa shape index (κ2) is 4.40. The number of anilines is 1. The van der Waals surface area contributed by atoms with Gasteiger partial charge >= 0.3 is 0 Å². The van der Waals surface area contributed by atoms with Gasteiger partial charge in [0.15, 0.2) is 5.82 Å². The van der Waals surface area contributed by atoms with Crippen molar-refractivity contribution in [2.45, 2.75) is 20.4 Å². The van der Waals surface area contributed by atoms with Crippen LogP contribution < -0.4 is 5.73 Å². The Morgan fingerprint density at radius 1 is 1.22 bits per heavy atom. The summed E-state index contributed by atoms with van der Waals surface area (Å²) < 4.78 is 13.7. The number of likely N-dealkylation sites (tertiary alicyclic amines) is 1. The molecule has 1 aliphatic heterocycles. The molecule has 0 saturated carbocycles. The number of nitrogen functional groups attached to an aromatic ring is 1. The molecule has 1 saturated heterocycles. The highest BCUT2D eigenvalue weighted by molar-refractivity contribution is 6.04. The zero-order valence-corrected chi connectivity index (χ0v) is 10.3. The number of hydrogen-bond acceptors (Lipinski definition) is 3. The number of nitrogens with two attached hydrogens (primary N) is 1. The monoisotopic (exact) mass is 250 g/mol. The van der Waals surface area contributed by atoms with Crippen molar-refractivity contribution >= 4 is 17.5 Å². The van der Waals surface area contributed by atoms with Gasteiger partial charge in [0.2, 0.25) is 11.8 Å². The average Bonchev–Trinajstić information content (AvgIpc) is 2.52. The molecule has 1 aromatic carbocycles. The summed E-state index contributed by atoms with van der Waals surface area (Å²) in [6.07, 6.45) is 0. The first kappa shape index (κ1) is 12.5.